The van der Waals surface area contributed by atoms with Crippen LogP contribution in [0.3, 0.4) is 0 Å². The van der Waals surface area contributed by atoms with E-state index in [0.717, 1.165) is 6.07 Å². The first-order chi connectivity index (χ1) is 12.0. The standard InChI is InChI=1S/C17H16ClFN2O4/c1-24-10-6-7-13(14(8-10)25-2)21-15(22)9-20-17(23)16-11(18)4-3-5-12(16)19/h3-8H,9H2,1-2H3,(H,20,23)(H,21,22). The van der Waals surface area contributed by atoms with Crippen molar-refractivity contribution in [1.82, 2.24) is 5.32 Å². The summed E-state index contributed by atoms with van der Waals surface area (Å²) >= 11 is 5.81. The lowest BCUT2D eigenvalue weighted by Gasteiger charge is -2.12. The van der Waals surface area contributed by atoms with Crippen LogP contribution in [0.5, 0.6) is 11.5 Å². The third kappa shape index (κ3) is 4.60. The molecular formula is C17H16ClFN2O4. The average molecular weight is 367 g/mol. The quantitative estimate of drug-likeness (QED) is 0.824. The highest BCUT2D eigenvalue weighted by atomic mass is 35.5. The van der Waals surface area contributed by atoms with Gasteiger partial charge in [-0.05, 0) is 24.3 Å². The molecule has 132 valence electrons. The maximum atomic E-state index is 13.7. The molecule has 0 atom stereocenters. The van der Waals surface area contributed by atoms with Crippen LogP contribution in [0.15, 0.2) is 36.4 Å². The van der Waals surface area contributed by atoms with Crippen molar-refractivity contribution in [1.29, 1.82) is 0 Å². The van der Waals surface area contributed by atoms with Crippen molar-refractivity contribution in [2.24, 2.45) is 0 Å². The Kier molecular flexibility index (Phi) is 6.19. The molecule has 0 aliphatic rings. The fourth-order valence-electron chi connectivity index (χ4n) is 2.06. The molecule has 0 spiro atoms. The molecule has 2 amide bonds. The van der Waals surface area contributed by atoms with E-state index < -0.39 is 17.6 Å². The van der Waals surface area contributed by atoms with E-state index in [1.807, 2.05) is 0 Å². The minimum absolute atomic E-state index is 0.0327. The van der Waals surface area contributed by atoms with Gasteiger partial charge in [-0.1, -0.05) is 17.7 Å². The summed E-state index contributed by atoms with van der Waals surface area (Å²) in [6, 6.07) is 8.75. The van der Waals surface area contributed by atoms with Crippen LogP contribution < -0.4 is 20.1 Å². The van der Waals surface area contributed by atoms with Gasteiger partial charge in [0.25, 0.3) is 5.91 Å². The predicted molar refractivity (Wildman–Crippen MR) is 91.9 cm³/mol. The molecule has 0 aromatic heterocycles. The maximum absolute atomic E-state index is 13.7. The summed E-state index contributed by atoms with van der Waals surface area (Å²) in [5, 5.41) is 4.87. The van der Waals surface area contributed by atoms with Gasteiger partial charge in [0, 0.05) is 6.07 Å². The molecule has 2 aromatic rings. The molecule has 2 N–H and O–H groups in total. The SMILES string of the molecule is COc1ccc(NC(=O)CNC(=O)c2c(F)cccc2Cl)c(OC)c1. The molecular weight excluding hydrogens is 351 g/mol. The van der Waals surface area contributed by atoms with E-state index in [0.29, 0.717) is 17.2 Å². The van der Waals surface area contributed by atoms with Crippen molar-refractivity contribution in [3.63, 3.8) is 0 Å². The van der Waals surface area contributed by atoms with Gasteiger partial charge in [-0.25, -0.2) is 4.39 Å². The summed E-state index contributed by atoms with van der Waals surface area (Å²) in [6.45, 7) is -0.362. The molecule has 25 heavy (non-hydrogen) atoms. The second kappa shape index (κ2) is 8.34. The summed E-state index contributed by atoms with van der Waals surface area (Å²) in [4.78, 5) is 24.0. The summed E-state index contributed by atoms with van der Waals surface area (Å²) in [5.41, 5.74) is 0.102. The summed E-state index contributed by atoms with van der Waals surface area (Å²) in [5.74, 6) is -1.08. The molecule has 0 heterocycles. The van der Waals surface area contributed by atoms with Crippen LogP contribution in [0, 0.1) is 5.82 Å². The van der Waals surface area contributed by atoms with E-state index >= 15 is 0 Å². The second-order valence-corrected chi connectivity index (χ2v) is 5.30. The number of carbonyl (C=O) groups is 2. The molecule has 0 aliphatic carbocycles. The number of ether oxygens (including phenoxy) is 2. The minimum Gasteiger partial charge on any atom is -0.497 e. The molecule has 8 heteroatoms. The monoisotopic (exact) mass is 366 g/mol. The highest BCUT2D eigenvalue weighted by molar-refractivity contribution is 6.33. The molecule has 0 unspecified atom stereocenters. The number of halogens is 2. The number of methoxy groups -OCH3 is 2. The topological polar surface area (TPSA) is 76.7 Å². The molecule has 0 bridgehead atoms. The third-order valence-corrected chi connectivity index (χ3v) is 3.60. The number of nitrogens with one attached hydrogen (secondary N) is 2. The zero-order chi connectivity index (χ0) is 18.4. The van der Waals surface area contributed by atoms with Crippen LogP contribution >= 0.6 is 11.6 Å². The Hall–Kier alpha value is -2.80. The van der Waals surface area contributed by atoms with Crippen molar-refractivity contribution in [3.05, 3.63) is 52.8 Å². The number of amides is 2. The van der Waals surface area contributed by atoms with Crippen LogP contribution in [0.25, 0.3) is 0 Å². The van der Waals surface area contributed by atoms with E-state index in [1.54, 1.807) is 18.2 Å². The first-order valence-electron chi connectivity index (χ1n) is 7.20. The normalized spacial score (nSPS) is 10.1. The zero-order valence-corrected chi connectivity index (χ0v) is 14.3. The van der Waals surface area contributed by atoms with Crippen LogP contribution in [0.1, 0.15) is 10.4 Å². The lowest BCUT2D eigenvalue weighted by atomic mass is 10.2. The summed E-state index contributed by atoms with van der Waals surface area (Å²) < 4.78 is 23.9. The van der Waals surface area contributed by atoms with Gasteiger partial charge in [-0.15, -0.1) is 0 Å². The number of hydrogen-bond donors (Lipinski definition) is 2. The van der Waals surface area contributed by atoms with E-state index in [9.17, 15) is 14.0 Å². The van der Waals surface area contributed by atoms with Crippen molar-refractivity contribution < 1.29 is 23.5 Å². The van der Waals surface area contributed by atoms with Gasteiger partial charge in [0.05, 0.1) is 37.0 Å². The van der Waals surface area contributed by atoms with Crippen LogP contribution in [-0.4, -0.2) is 32.6 Å². The maximum Gasteiger partial charge on any atom is 0.256 e. The number of carbonyl (C=O) groups excluding carboxylic acids is 2. The Morgan fingerprint density at radius 2 is 1.92 bits per heavy atom. The minimum atomic E-state index is -0.778. The average Bonchev–Trinajstić information content (AvgIpc) is 2.60. The number of anilines is 1. The smallest absolute Gasteiger partial charge is 0.256 e. The third-order valence-electron chi connectivity index (χ3n) is 3.28. The van der Waals surface area contributed by atoms with Gasteiger partial charge in [0.15, 0.2) is 0 Å². The van der Waals surface area contributed by atoms with Crippen molar-refractivity contribution in [2.45, 2.75) is 0 Å². The van der Waals surface area contributed by atoms with E-state index in [2.05, 4.69) is 10.6 Å². The molecule has 6 nitrogen and oxygen atoms in total. The van der Waals surface area contributed by atoms with Crippen LogP contribution in [-0.2, 0) is 4.79 Å². The Morgan fingerprint density at radius 1 is 1.16 bits per heavy atom. The first kappa shape index (κ1) is 18.5. The van der Waals surface area contributed by atoms with Gasteiger partial charge in [0.1, 0.15) is 17.3 Å². The van der Waals surface area contributed by atoms with Crippen LogP contribution in [0.2, 0.25) is 5.02 Å². The number of rotatable bonds is 6. The largest absolute Gasteiger partial charge is 0.497 e. The molecule has 2 rings (SSSR count). The molecule has 0 radical (unpaired) electrons. The van der Waals surface area contributed by atoms with Gasteiger partial charge in [-0.3, -0.25) is 9.59 Å². The van der Waals surface area contributed by atoms with Gasteiger partial charge in [-0.2, -0.15) is 0 Å². The Balaban J connectivity index is 2.00. The lowest BCUT2D eigenvalue weighted by molar-refractivity contribution is -0.115. The van der Waals surface area contributed by atoms with Crippen LogP contribution in [0.4, 0.5) is 10.1 Å². The fourth-order valence-corrected chi connectivity index (χ4v) is 2.31. The molecule has 0 saturated heterocycles. The zero-order valence-electron chi connectivity index (χ0n) is 13.6. The van der Waals surface area contributed by atoms with E-state index in [-0.39, 0.29) is 17.1 Å². The van der Waals surface area contributed by atoms with Crippen molar-refractivity contribution in [3.8, 4) is 11.5 Å². The highest BCUT2D eigenvalue weighted by Crippen LogP contribution is 2.28. The predicted octanol–water partition coefficient (Wildman–Crippen LogP) is 2.86. The molecule has 0 saturated carbocycles. The fraction of sp³-hybridized carbons (Fsp3) is 0.176. The van der Waals surface area contributed by atoms with Crippen molar-refractivity contribution in [2.75, 3.05) is 26.1 Å². The lowest BCUT2D eigenvalue weighted by Crippen LogP contribution is -2.33. The number of benzene rings is 2. The van der Waals surface area contributed by atoms with Gasteiger partial charge >= 0.3 is 0 Å². The second-order valence-electron chi connectivity index (χ2n) is 4.89. The Morgan fingerprint density at radius 3 is 2.56 bits per heavy atom. The number of hydrogen-bond acceptors (Lipinski definition) is 4. The van der Waals surface area contributed by atoms with Gasteiger partial charge < -0.3 is 20.1 Å². The van der Waals surface area contributed by atoms with Gasteiger partial charge in [0.2, 0.25) is 5.91 Å². The first-order valence-corrected chi connectivity index (χ1v) is 7.58. The molecule has 0 aliphatic heterocycles. The van der Waals surface area contributed by atoms with E-state index in [1.165, 1.54) is 26.4 Å². The summed E-state index contributed by atoms with van der Waals surface area (Å²) in [6.07, 6.45) is 0. The van der Waals surface area contributed by atoms with Crippen molar-refractivity contribution >= 4 is 29.1 Å². The highest BCUT2D eigenvalue weighted by Gasteiger charge is 2.17. The molecule has 0 fully saturated rings. The summed E-state index contributed by atoms with van der Waals surface area (Å²) in [7, 11) is 2.96. The van der Waals surface area contributed by atoms with E-state index in [4.69, 9.17) is 21.1 Å². The Labute approximate surface area is 148 Å². The molecule has 2 aromatic carbocycles. The Bertz CT molecular complexity index is 778.